The molecule has 1 atom stereocenters. The fraction of sp³-hybridized carbons (Fsp3) is 0.316. The predicted octanol–water partition coefficient (Wildman–Crippen LogP) is 4.61. The summed E-state index contributed by atoms with van der Waals surface area (Å²) >= 11 is 5.88. The first-order valence-electron chi connectivity index (χ1n) is 7.85. The van der Waals surface area contributed by atoms with Gasteiger partial charge in [0.05, 0.1) is 6.61 Å². The van der Waals surface area contributed by atoms with Crippen LogP contribution in [0.4, 0.5) is 0 Å². The minimum absolute atomic E-state index is 0.0228. The number of benzene rings is 2. The van der Waals surface area contributed by atoms with Crippen molar-refractivity contribution in [3.05, 3.63) is 70.2 Å². The molecule has 2 aromatic carbocycles. The van der Waals surface area contributed by atoms with E-state index in [1.165, 1.54) is 0 Å². The van der Waals surface area contributed by atoms with E-state index in [9.17, 15) is 4.79 Å². The Labute approximate surface area is 141 Å². The molecule has 1 saturated heterocycles. The summed E-state index contributed by atoms with van der Waals surface area (Å²) in [6, 6.07) is 14.5. The molecule has 120 valence electrons. The monoisotopic (exact) mass is 330 g/mol. The van der Waals surface area contributed by atoms with Crippen molar-refractivity contribution >= 4 is 17.4 Å². The Kier molecular flexibility index (Phi) is 5.44. The molecule has 1 aliphatic rings. The van der Waals surface area contributed by atoms with Crippen LogP contribution in [0.25, 0.3) is 0 Å². The van der Waals surface area contributed by atoms with Gasteiger partial charge in [-0.15, -0.1) is 0 Å². The van der Waals surface area contributed by atoms with Gasteiger partial charge in [-0.3, -0.25) is 4.79 Å². The number of carbonyl (C=O) groups is 1. The van der Waals surface area contributed by atoms with Crippen molar-refractivity contribution in [2.45, 2.75) is 32.2 Å². The molecule has 3 nitrogen and oxygen atoms in total. The Bertz CT molecular complexity index is 661. The zero-order chi connectivity index (χ0) is 16.1. The first-order chi connectivity index (χ1) is 11.2. The first-order valence-corrected chi connectivity index (χ1v) is 8.23. The number of halogens is 1. The highest BCUT2D eigenvalue weighted by Gasteiger charge is 2.17. The van der Waals surface area contributed by atoms with E-state index in [2.05, 4.69) is 0 Å². The normalized spacial score (nSPS) is 17.9. The first kappa shape index (κ1) is 16.2. The van der Waals surface area contributed by atoms with Gasteiger partial charge in [-0.25, -0.2) is 0 Å². The second-order valence-electron chi connectivity index (χ2n) is 5.60. The molecular formula is C19H19ClO3. The van der Waals surface area contributed by atoms with E-state index < -0.39 is 0 Å². The van der Waals surface area contributed by atoms with Gasteiger partial charge in [0.1, 0.15) is 0 Å². The average molecular weight is 331 g/mol. The zero-order valence-electron chi connectivity index (χ0n) is 12.8. The highest BCUT2D eigenvalue weighted by atomic mass is 35.5. The van der Waals surface area contributed by atoms with Crippen LogP contribution in [0.3, 0.4) is 0 Å². The second-order valence-corrected chi connectivity index (χ2v) is 6.04. The van der Waals surface area contributed by atoms with E-state index in [0.29, 0.717) is 22.8 Å². The number of ether oxygens (including phenoxy) is 2. The summed E-state index contributed by atoms with van der Waals surface area (Å²) in [7, 11) is 0. The molecule has 1 fully saturated rings. The van der Waals surface area contributed by atoms with Crippen molar-refractivity contribution in [3.63, 3.8) is 0 Å². The van der Waals surface area contributed by atoms with Crippen LogP contribution in [0.1, 0.15) is 40.7 Å². The molecule has 0 bridgehead atoms. The minimum Gasteiger partial charge on any atom is -0.353 e. The van der Waals surface area contributed by atoms with Crippen molar-refractivity contribution in [3.8, 4) is 0 Å². The number of hydrogen-bond donors (Lipinski definition) is 0. The molecule has 3 rings (SSSR count). The highest BCUT2D eigenvalue weighted by Crippen LogP contribution is 2.20. The molecule has 0 saturated carbocycles. The SMILES string of the molecule is O=C(c1ccc(Cl)cc1)c1ccccc1COC1CCCCO1. The van der Waals surface area contributed by atoms with E-state index in [-0.39, 0.29) is 12.1 Å². The Balaban J connectivity index is 1.74. The number of rotatable bonds is 5. The Morgan fingerprint density at radius 3 is 2.65 bits per heavy atom. The van der Waals surface area contributed by atoms with Crippen LogP contribution in [0, 0.1) is 0 Å². The van der Waals surface area contributed by atoms with Gasteiger partial charge in [0, 0.05) is 22.8 Å². The van der Waals surface area contributed by atoms with Crippen LogP contribution in [0.2, 0.25) is 5.02 Å². The van der Waals surface area contributed by atoms with E-state index in [4.69, 9.17) is 21.1 Å². The molecule has 4 heteroatoms. The maximum atomic E-state index is 12.7. The fourth-order valence-electron chi connectivity index (χ4n) is 2.65. The Morgan fingerprint density at radius 1 is 1.13 bits per heavy atom. The zero-order valence-corrected chi connectivity index (χ0v) is 13.6. The van der Waals surface area contributed by atoms with Gasteiger partial charge in [-0.05, 0) is 49.1 Å². The quantitative estimate of drug-likeness (QED) is 0.751. The van der Waals surface area contributed by atoms with Gasteiger partial charge in [0.2, 0.25) is 0 Å². The molecule has 0 aliphatic carbocycles. The van der Waals surface area contributed by atoms with Crippen LogP contribution < -0.4 is 0 Å². The van der Waals surface area contributed by atoms with Crippen LogP contribution in [-0.2, 0) is 16.1 Å². The lowest BCUT2D eigenvalue weighted by Crippen LogP contribution is -2.22. The van der Waals surface area contributed by atoms with Crippen LogP contribution in [0.15, 0.2) is 48.5 Å². The van der Waals surface area contributed by atoms with Gasteiger partial charge in [0.15, 0.2) is 12.1 Å². The molecule has 1 aliphatic heterocycles. The molecule has 0 amide bonds. The van der Waals surface area contributed by atoms with Gasteiger partial charge >= 0.3 is 0 Å². The number of hydrogen-bond acceptors (Lipinski definition) is 3. The third-order valence-corrected chi connectivity index (χ3v) is 4.18. The van der Waals surface area contributed by atoms with Gasteiger partial charge in [-0.1, -0.05) is 35.9 Å². The maximum Gasteiger partial charge on any atom is 0.193 e. The molecule has 1 heterocycles. The molecule has 2 aromatic rings. The van der Waals surface area contributed by atoms with Crippen LogP contribution >= 0.6 is 11.6 Å². The summed E-state index contributed by atoms with van der Waals surface area (Å²) in [4.78, 5) is 12.7. The van der Waals surface area contributed by atoms with Crippen LogP contribution in [-0.4, -0.2) is 18.7 Å². The van der Waals surface area contributed by atoms with Crippen molar-refractivity contribution in [1.82, 2.24) is 0 Å². The summed E-state index contributed by atoms with van der Waals surface area (Å²) < 4.78 is 11.4. The third kappa shape index (κ3) is 4.20. The lowest BCUT2D eigenvalue weighted by atomic mass is 9.99. The lowest BCUT2D eigenvalue weighted by Gasteiger charge is -2.23. The third-order valence-electron chi connectivity index (χ3n) is 3.93. The maximum absolute atomic E-state index is 12.7. The van der Waals surface area contributed by atoms with Gasteiger partial charge in [0.25, 0.3) is 0 Å². The molecule has 23 heavy (non-hydrogen) atoms. The highest BCUT2D eigenvalue weighted by molar-refractivity contribution is 6.30. The van der Waals surface area contributed by atoms with Crippen molar-refractivity contribution < 1.29 is 14.3 Å². The molecule has 0 spiro atoms. The van der Waals surface area contributed by atoms with Crippen LogP contribution in [0.5, 0.6) is 0 Å². The number of ketones is 1. The molecule has 0 radical (unpaired) electrons. The van der Waals surface area contributed by atoms with Crippen molar-refractivity contribution in [2.24, 2.45) is 0 Å². The van der Waals surface area contributed by atoms with Crippen molar-refractivity contribution in [1.29, 1.82) is 0 Å². The van der Waals surface area contributed by atoms with Crippen molar-refractivity contribution in [2.75, 3.05) is 6.61 Å². The van der Waals surface area contributed by atoms with E-state index >= 15 is 0 Å². The smallest absolute Gasteiger partial charge is 0.193 e. The predicted molar refractivity (Wildman–Crippen MR) is 89.7 cm³/mol. The average Bonchev–Trinajstić information content (AvgIpc) is 2.61. The summed E-state index contributed by atoms with van der Waals surface area (Å²) in [5.74, 6) is -0.0228. The standard InChI is InChI=1S/C19H19ClO3/c20-16-10-8-14(9-11-16)19(21)17-6-2-1-5-15(17)13-23-18-7-3-4-12-22-18/h1-2,5-6,8-11,18H,3-4,7,12-13H2. The minimum atomic E-state index is -0.164. The largest absolute Gasteiger partial charge is 0.353 e. The van der Waals surface area contributed by atoms with E-state index in [0.717, 1.165) is 31.4 Å². The van der Waals surface area contributed by atoms with Gasteiger partial charge < -0.3 is 9.47 Å². The summed E-state index contributed by atoms with van der Waals surface area (Å²) in [6.45, 7) is 1.12. The van der Waals surface area contributed by atoms with E-state index in [1.54, 1.807) is 24.3 Å². The summed E-state index contributed by atoms with van der Waals surface area (Å²) in [5.41, 5.74) is 2.16. The molecule has 0 N–H and O–H groups in total. The number of carbonyl (C=O) groups excluding carboxylic acids is 1. The topological polar surface area (TPSA) is 35.5 Å². The Morgan fingerprint density at radius 2 is 1.91 bits per heavy atom. The molecular weight excluding hydrogens is 312 g/mol. The second kappa shape index (κ2) is 7.73. The molecule has 1 unspecified atom stereocenters. The summed E-state index contributed by atoms with van der Waals surface area (Å²) in [5, 5.41) is 0.618. The molecule has 0 aromatic heterocycles. The lowest BCUT2D eigenvalue weighted by molar-refractivity contribution is -0.168. The summed E-state index contributed by atoms with van der Waals surface area (Å²) in [6.07, 6.45) is 2.96. The van der Waals surface area contributed by atoms with E-state index in [1.807, 2.05) is 24.3 Å². The Hall–Kier alpha value is -1.68. The van der Waals surface area contributed by atoms with Gasteiger partial charge in [-0.2, -0.15) is 0 Å². The fourth-order valence-corrected chi connectivity index (χ4v) is 2.78.